The molecule has 1 aliphatic carbocycles. The normalized spacial score (nSPS) is 13.4. The monoisotopic (exact) mass is 555 g/mol. The van der Waals surface area contributed by atoms with E-state index in [-0.39, 0.29) is 16.9 Å². The Morgan fingerprint density at radius 1 is 1.21 bits per heavy atom. The fourth-order valence-corrected chi connectivity index (χ4v) is 5.27. The zero-order valence-electron chi connectivity index (χ0n) is 23.9. The molecule has 1 atom stereocenters. The first-order valence-corrected chi connectivity index (χ1v) is 14.1. The number of pyridine rings is 3. The molecular weight excluding hydrogens is 522 g/mol. The molecule has 1 aliphatic rings. The van der Waals surface area contributed by atoms with Gasteiger partial charge in [-0.3, -0.25) is 19.1 Å². The summed E-state index contributed by atoms with van der Waals surface area (Å²) in [4.78, 5) is 36.5. The van der Waals surface area contributed by atoms with E-state index >= 15 is 0 Å². The maximum atomic E-state index is 14.3. The number of anilines is 1. The minimum Gasteiger partial charge on any atom is -0.383 e. The Kier molecular flexibility index (Phi) is 8.44. The van der Waals surface area contributed by atoms with Crippen molar-refractivity contribution in [3.05, 3.63) is 117 Å². The maximum absolute atomic E-state index is 14.3. The predicted molar refractivity (Wildman–Crippen MR) is 169 cm³/mol. The Hall–Kier alpha value is -5.22. The van der Waals surface area contributed by atoms with Gasteiger partial charge in [0.1, 0.15) is 11.4 Å². The van der Waals surface area contributed by atoms with Crippen molar-refractivity contribution >= 4 is 34.3 Å². The molecule has 1 aromatic carbocycles. The Balaban J connectivity index is 1.66. The van der Waals surface area contributed by atoms with Gasteiger partial charge >= 0.3 is 0 Å². The van der Waals surface area contributed by atoms with Gasteiger partial charge in [-0.25, -0.2) is 4.98 Å². The Labute approximate surface area is 244 Å². The van der Waals surface area contributed by atoms with Gasteiger partial charge in [0.25, 0.3) is 11.5 Å². The molecule has 210 valence electrons. The van der Waals surface area contributed by atoms with Crippen molar-refractivity contribution in [1.82, 2.24) is 19.9 Å². The molecule has 0 bridgehead atoms. The summed E-state index contributed by atoms with van der Waals surface area (Å²) in [7, 11) is 0. The highest BCUT2D eigenvalue weighted by Crippen LogP contribution is 2.22. The first kappa shape index (κ1) is 28.3. The van der Waals surface area contributed by atoms with Gasteiger partial charge < -0.3 is 11.1 Å². The molecule has 0 spiro atoms. The van der Waals surface area contributed by atoms with Crippen LogP contribution in [0, 0.1) is 11.8 Å². The SMILES string of the molecule is C=C/C=C(/C#CC1=c2c(cc(C(C)NC(=O)c3c(N)ncc4cccnc34)n(-c3ccccc3)c2=O)=CCC1)CCC. The van der Waals surface area contributed by atoms with Crippen molar-refractivity contribution in [3.8, 4) is 17.5 Å². The van der Waals surface area contributed by atoms with E-state index in [4.69, 9.17) is 5.73 Å². The molecule has 0 saturated heterocycles. The van der Waals surface area contributed by atoms with Crippen LogP contribution in [0.3, 0.4) is 0 Å². The van der Waals surface area contributed by atoms with Crippen molar-refractivity contribution in [2.45, 2.75) is 45.6 Å². The Morgan fingerprint density at radius 3 is 2.79 bits per heavy atom. The Morgan fingerprint density at radius 2 is 2.02 bits per heavy atom. The van der Waals surface area contributed by atoms with Gasteiger partial charge in [0, 0.05) is 40.3 Å². The molecule has 5 rings (SSSR count). The molecule has 7 heteroatoms. The van der Waals surface area contributed by atoms with E-state index in [1.807, 2.05) is 55.5 Å². The maximum Gasteiger partial charge on any atom is 0.264 e. The molecule has 4 aromatic rings. The number of hydrogen-bond acceptors (Lipinski definition) is 5. The number of allylic oxidation sites excluding steroid dienone is 3. The number of rotatable bonds is 7. The third kappa shape index (κ3) is 5.65. The summed E-state index contributed by atoms with van der Waals surface area (Å²) in [6.07, 6.45) is 12.2. The molecule has 1 unspecified atom stereocenters. The summed E-state index contributed by atoms with van der Waals surface area (Å²) in [5.74, 6) is 6.27. The highest BCUT2D eigenvalue weighted by atomic mass is 16.2. The van der Waals surface area contributed by atoms with Gasteiger partial charge in [0.15, 0.2) is 0 Å². The number of nitrogens with two attached hydrogens (primary N) is 1. The van der Waals surface area contributed by atoms with Crippen LogP contribution in [0.15, 0.2) is 90.0 Å². The topological polar surface area (TPSA) is 103 Å². The van der Waals surface area contributed by atoms with Gasteiger partial charge in [0.2, 0.25) is 0 Å². The lowest BCUT2D eigenvalue weighted by Gasteiger charge is -2.22. The average Bonchev–Trinajstić information content (AvgIpc) is 3.00. The van der Waals surface area contributed by atoms with E-state index in [1.165, 1.54) is 0 Å². The van der Waals surface area contributed by atoms with Crippen LogP contribution in [-0.2, 0) is 0 Å². The van der Waals surface area contributed by atoms with E-state index in [0.29, 0.717) is 33.9 Å². The summed E-state index contributed by atoms with van der Waals surface area (Å²) in [5.41, 5.74) is 9.80. The third-order valence-corrected chi connectivity index (χ3v) is 7.25. The molecule has 0 saturated carbocycles. The van der Waals surface area contributed by atoms with Crippen molar-refractivity contribution in [2.24, 2.45) is 0 Å². The van der Waals surface area contributed by atoms with E-state index in [9.17, 15) is 9.59 Å². The molecule has 1 amide bonds. The minimum absolute atomic E-state index is 0.0934. The molecule has 7 nitrogen and oxygen atoms in total. The van der Waals surface area contributed by atoms with Gasteiger partial charge in [-0.2, -0.15) is 0 Å². The number of carbonyl (C=O) groups is 1. The van der Waals surface area contributed by atoms with Crippen LogP contribution in [-0.4, -0.2) is 20.4 Å². The lowest BCUT2D eigenvalue weighted by molar-refractivity contribution is 0.0940. The smallest absolute Gasteiger partial charge is 0.264 e. The van der Waals surface area contributed by atoms with Crippen molar-refractivity contribution in [1.29, 1.82) is 0 Å². The minimum atomic E-state index is -0.550. The number of aromatic nitrogens is 3. The molecule has 3 heterocycles. The summed E-state index contributed by atoms with van der Waals surface area (Å²) in [5, 5.41) is 5.17. The standard InChI is InChI=1S/C35H33N5O2/c1-4-11-24(12-5-2)18-19-25-13-9-14-26-21-29(40(35(42)30(25)26)28-16-7-6-8-17-28)23(3)39-34(41)31-32-27(15-10-20-37-32)22-38-33(31)36/h4,6-8,10-11,14-17,20-23H,1,5,9,12-13H2,2-3H3,(H2,36,38)(H,39,41)/b24-11+. The van der Waals surface area contributed by atoms with Crippen LogP contribution in [0.4, 0.5) is 5.82 Å². The van der Waals surface area contributed by atoms with Crippen LogP contribution >= 0.6 is 0 Å². The number of carbonyl (C=O) groups excluding carboxylic acids is 1. The molecule has 3 N–H and O–H groups in total. The summed E-state index contributed by atoms with van der Waals surface area (Å²) >= 11 is 0. The molecule has 0 aliphatic heterocycles. The largest absolute Gasteiger partial charge is 0.383 e. The van der Waals surface area contributed by atoms with E-state index in [1.54, 1.807) is 29.1 Å². The number of benzene rings is 1. The number of nitrogen functional groups attached to an aromatic ring is 1. The fourth-order valence-electron chi connectivity index (χ4n) is 5.27. The van der Waals surface area contributed by atoms with Crippen LogP contribution in [0.1, 0.15) is 61.6 Å². The number of nitrogens with one attached hydrogen (secondary N) is 1. The summed E-state index contributed by atoms with van der Waals surface area (Å²) in [6.45, 7) is 7.77. The van der Waals surface area contributed by atoms with E-state index < -0.39 is 11.9 Å². The van der Waals surface area contributed by atoms with Gasteiger partial charge in [-0.05, 0) is 61.7 Å². The summed E-state index contributed by atoms with van der Waals surface area (Å²) in [6, 6.07) is 14.5. The zero-order chi connectivity index (χ0) is 29.6. The summed E-state index contributed by atoms with van der Waals surface area (Å²) < 4.78 is 1.67. The fraction of sp³-hybridized carbons (Fsp3) is 0.200. The lowest BCUT2D eigenvalue weighted by atomic mass is 9.98. The second kappa shape index (κ2) is 12.5. The van der Waals surface area contributed by atoms with Gasteiger partial charge in [0.05, 0.1) is 16.8 Å². The zero-order valence-corrected chi connectivity index (χ0v) is 23.9. The third-order valence-electron chi connectivity index (χ3n) is 7.25. The Bertz CT molecular complexity index is 1960. The number of fused-ring (bicyclic) bond motifs is 2. The molecule has 0 fully saturated rings. The predicted octanol–water partition coefficient (Wildman–Crippen LogP) is 4.49. The molecular formula is C35H33N5O2. The first-order valence-electron chi connectivity index (χ1n) is 14.1. The van der Waals surface area contributed by atoms with Crippen molar-refractivity contribution < 1.29 is 4.79 Å². The number of para-hydroxylation sites is 1. The van der Waals surface area contributed by atoms with Gasteiger partial charge in [-0.15, -0.1) is 0 Å². The molecule has 42 heavy (non-hydrogen) atoms. The van der Waals surface area contributed by atoms with E-state index in [2.05, 4.69) is 46.7 Å². The quantitative estimate of drug-likeness (QED) is 0.258. The van der Waals surface area contributed by atoms with Crippen LogP contribution < -0.4 is 27.0 Å². The van der Waals surface area contributed by atoms with Gasteiger partial charge in [-0.1, -0.05) is 68.2 Å². The lowest BCUT2D eigenvalue weighted by Crippen LogP contribution is -2.49. The highest BCUT2D eigenvalue weighted by Gasteiger charge is 2.22. The second-order valence-corrected chi connectivity index (χ2v) is 10.2. The molecule has 3 aromatic heterocycles. The number of hydrogen-bond donors (Lipinski definition) is 2. The van der Waals surface area contributed by atoms with Crippen LogP contribution in [0.25, 0.3) is 28.2 Å². The number of amides is 1. The number of nitrogens with zero attached hydrogens (tertiary/aromatic N) is 3. The van der Waals surface area contributed by atoms with Crippen LogP contribution in [0.5, 0.6) is 0 Å². The first-order chi connectivity index (χ1) is 20.4. The highest BCUT2D eigenvalue weighted by molar-refractivity contribution is 6.09. The molecule has 0 radical (unpaired) electrons. The van der Waals surface area contributed by atoms with E-state index in [0.717, 1.165) is 35.6 Å². The van der Waals surface area contributed by atoms with Crippen LogP contribution in [0.2, 0.25) is 0 Å². The second-order valence-electron chi connectivity index (χ2n) is 10.2. The van der Waals surface area contributed by atoms with Crippen molar-refractivity contribution in [3.63, 3.8) is 0 Å². The van der Waals surface area contributed by atoms with Crippen molar-refractivity contribution in [2.75, 3.05) is 5.73 Å². The average molecular weight is 556 g/mol.